The van der Waals surface area contributed by atoms with Gasteiger partial charge in [0.25, 0.3) is 0 Å². The van der Waals surface area contributed by atoms with Gasteiger partial charge in [-0.25, -0.2) is 0 Å². The number of amides is 2. The molecule has 1 aromatic rings. The molecule has 2 saturated heterocycles. The van der Waals surface area contributed by atoms with Crippen LogP contribution in [0.15, 0.2) is 24.3 Å². The van der Waals surface area contributed by atoms with Gasteiger partial charge < -0.3 is 15.0 Å². The number of benzene rings is 1. The quantitative estimate of drug-likeness (QED) is 0.837. The lowest BCUT2D eigenvalue weighted by Crippen LogP contribution is -2.45. The van der Waals surface area contributed by atoms with Crippen LogP contribution >= 0.6 is 0 Å². The molecule has 4 rings (SSSR count). The van der Waals surface area contributed by atoms with Crippen LogP contribution in [-0.4, -0.2) is 41.9 Å². The fourth-order valence-electron chi connectivity index (χ4n) is 5.29. The van der Waals surface area contributed by atoms with Crippen molar-refractivity contribution in [3.63, 3.8) is 0 Å². The van der Waals surface area contributed by atoms with Crippen LogP contribution < -0.4 is 10.1 Å². The number of carbonyl (C=O) groups is 2. The Hall–Kier alpha value is -2.04. The van der Waals surface area contributed by atoms with E-state index in [-0.39, 0.29) is 17.4 Å². The van der Waals surface area contributed by atoms with Crippen LogP contribution in [0.3, 0.4) is 0 Å². The number of ether oxygens (including phenoxy) is 1. The Morgan fingerprint density at radius 2 is 2.26 bits per heavy atom. The molecule has 3 aliphatic rings. The van der Waals surface area contributed by atoms with Crippen molar-refractivity contribution in [3.05, 3.63) is 29.8 Å². The molecule has 1 aromatic carbocycles. The summed E-state index contributed by atoms with van der Waals surface area (Å²) in [4.78, 5) is 27.0. The van der Waals surface area contributed by atoms with Gasteiger partial charge in [0, 0.05) is 31.0 Å². The number of hydrogen-bond donors (Lipinski definition) is 1. The topological polar surface area (TPSA) is 58.6 Å². The fraction of sp³-hybridized carbons (Fsp3) is 0.636. The number of rotatable bonds is 6. The number of carbonyl (C=O) groups excluding carboxylic acids is 2. The summed E-state index contributed by atoms with van der Waals surface area (Å²) in [7, 11) is 1.66. The normalized spacial score (nSPS) is 29.7. The van der Waals surface area contributed by atoms with Gasteiger partial charge in [-0.1, -0.05) is 18.6 Å². The average molecular weight is 370 g/mol. The minimum Gasteiger partial charge on any atom is -0.497 e. The molecule has 5 heteroatoms. The number of nitrogens with zero attached hydrogens (tertiary/aromatic N) is 1. The van der Waals surface area contributed by atoms with E-state index >= 15 is 0 Å². The molecule has 1 saturated carbocycles. The zero-order valence-electron chi connectivity index (χ0n) is 16.2. The highest BCUT2D eigenvalue weighted by molar-refractivity contribution is 5.80. The Balaban J connectivity index is 1.43. The zero-order valence-corrected chi connectivity index (χ0v) is 16.2. The van der Waals surface area contributed by atoms with Gasteiger partial charge in [-0.3, -0.25) is 9.59 Å². The second kappa shape index (κ2) is 7.53. The number of nitrogens with one attached hydrogen (secondary N) is 1. The van der Waals surface area contributed by atoms with Crippen LogP contribution in [0.1, 0.15) is 56.9 Å². The SMILES string of the molecule is COc1cccc(C[C@@]2(CCC(=O)N3C[C@@H]4CCC[C@H]3C4)CCC(=O)N2)c1. The highest BCUT2D eigenvalue weighted by Gasteiger charge is 2.41. The number of likely N-dealkylation sites (tertiary alicyclic amines) is 1. The van der Waals surface area contributed by atoms with E-state index in [9.17, 15) is 9.59 Å². The summed E-state index contributed by atoms with van der Waals surface area (Å²) in [6.45, 7) is 0.943. The van der Waals surface area contributed by atoms with E-state index in [0.717, 1.165) is 37.1 Å². The van der Waals surface area contributed by atoms with Gasteiger partial charge >= 0.3 is 0 Å². The van der Waals surface area contributed by atoms with E-state index in [4.69, 9.17) is 4.74 Å². The lowest BCUT2D eigenvalue weighted by Gasteiger charge is -2.31. The van der Waals surface area contributed by atoms with Crippen molar-refractivity contribution in [1.82, 2.24) is 10.2 Å². The second-order valence-electron chi connectivity index (χ2n) is 8.59. The van der Waals surface area contributed by atoms with Crippen molar-refractivity contribution >= 4 is 11.8 Å². The van der Waals surface area contributed by atoms with Crippen molar-refractivity contribution < 1.29 is 14.3 Å². The minimum atomic E-state index is -0.312. The third kappa shape index (κ3) is 3.97. The van der Waals surface area contributed by atoms with Crippen LogP contribution in [0, 0.1) is 5.92 Å². The highest BCUT2D eigenvalue weighted by atomic mass is 16.5. The summed E-state index contributed by atoms with van der Waals surface area (Å²) in [6, 6.07) is 8.47. The van der Waals surface area contributed by atoms with Crippen LogP contribution in [0.5, 0.6) is 5.75 Å². The molecular weight excluding hydrogens is 340 g/mol. The molecule has 3 atom stereocenters. The maximum absolute atomic E-state index is 12.9. The summed E-state index contributed by atoms with van der Waals surface area (Å²) in [5, 5.41) is 3.20. The lowest BCUT2D eigenvalue weighted by molar-refractivity contribution is -0.132. The van der Waals surface area contributed by atoms with Crippen molar-refractivity contribution in [3.8, 4) is 5.75 Å². The van der Waals surface area contributed by atoms with Crippen LogP contribution in [0.4, 0.5) is 0 Å². The molecule has 3 fully saturated rings. The molecule has 2 aliphatic heterocycles. The Bertz CT molecular complexity index is 719. The van der Waals surface area contributed by atoms with Crippen LogP contribution in [0.2, 0.25) is 0 Å². The van der Waals surface area contributed by atoms with Crippen LogP contribution in [0.25, 0.3) is 0 Å². The molecule has 2 heterocycles. The first-order valence-corrected chi connectivity index (χ1v) is 10.3. The fourth-order valence-corrected chi connectivity index (χ4v) is 5.29. The monoisotopic (exact) mass is 370 g/mol. The standard InChI is InChI=1S/C22H30N2O3/c1-27-19-7-3-4-16(13-19)14-22(10-8-20(25)23-22)11-9-21(26)24-15-17-5-2-6-18(24)12-17/h3-4,7,13,17-18H,2,5-6,8-12,14-15H2,1H3,(H,23,25)/t17-,18+,22+/m1/s1. The molecular formula is C22H30N2O3. The average Bonchev–Trinajstić information content (AvgIpc) is 3.19. The molecule has 0 spiro atoms. The predicted molar refractivity (Wildman–Crippen MR) is 103 cm³/mol. The molecule has 2 amide bonds. The van der Waals surface area contributed by atoms with Gasteiger partial charge in [0.1, 0.15) is 5.75 Å². The second-order valence-corrected chi connectivity index (χ2v) is 8.59. The minimum absolute atomic E-state index is 0.0994. The zero-order chi connectivity index (χ0) is 18.9. The summed E-state index contributed by atoms with van der Waals surface area (Å²) in [5.74, 6) is 1.91. The Morgan fingerprint density at radius 1 is 1.37 bits per heavy atom. The first-order valence-electron chi connectivity index (χ1n) is 10.3. The third-order valence-corrected chi connectivity index (χ3v) is 6.70. The number of methoxy groups -OCH3 is 1. The lowest BCUT2D eigenvalue weighted by atomic mass is 9.84. The Morgan fingerprint density at radius 3 is 3.00 bits per heavy atom. The molecule has 1 aliphatic carbocycles. The Labute approximate surface area is 161 Å². The molecule has 27 heavy (non-hydrogen) atoms. The van der Waals surface area contributed by atoms with E-state index < -0.39 is 0 Å². The van der Waals surface area contributed by atoms with Gasteiger partial charge in [-0.15, -0.1) is 0 Å². The first-order chi connectivity index (χ1) is 13.1. The highest BCUT2D eigenvalue weighted by Crippen LogP contribution is 2.37. The number of hydrogen-bond acceptors (Lipinski definition) is 3. The van der Waals surface area contributed by atoms with Gasteiger partial charge in [0.2, 0.25) is 11.8 Å². The van der Waals surface area contributed by atoms with Gasteiger partial charge in [-0.2, -0.15) is 0 Å². The van der Waals surface area contributed by atoms with E-state index in [1.807, 2.05) is 18.2 Å². The number of fused-ring (bicyclic) bond motifs is 2. The van der Waals surface area contributed by atoms with Gasteiger partial charge in [0.15, 0.2) is 0 Å². The van der Waals surface area contributed by atoms with E-state index in [2.05, 4.69) is 16.3 Å². The summed E-state index contributed by atoms with van der Waals surface area (Å²) in [6.07, 6.45) is 8.21. The molecule has 146 valence electrons. The summed E-state index contributed by atoms with van der Waals surface area (Å²) < 4.78 is 5.33. The van der Waals surface area contributed by atoms with Crippen molar-refractivity contribution in [2.45, 2.75) is 69.4 Å². The maximum Gasteiger partial charge on any atom is 0.222 e. The van der Waals surface area contributed by atoms with E-state index in [0.29, 0.717) is 31.2 Å². The summed E-state index contributed by atoms with van der Waals surface area (Å²) in [5.41, 5.74) is 0.828. The summed E-state index contributed by atoms with van der Waals surface area (Å²) >= 11 is 0. The molecule has 2 bridgehead atoms. The van der Waals surface area contributed by atoms with Crippen molar-refractivity contribution in [2.24, 2.45) is 5.92 Å². The molecule has 5 nitrogen and oxygen atoms in total. The van der Waals surface area contributed by atoms with Crippen molar-refractivity contribution in [1.29, 1.82) is 0 Å². The van der Waals surface area contributed by atoms with E-state index in [1.165, 1.54) is 19.3 Å². The third-order valence-electron chi connectivity index (χ3n) is 6.70. The van der Waals surface area contributed by atoms with Crippen LogP contribution in [-0.2, 0) is 16.0 Å². The largest absolute Gasteiger partial charge is 0.497 e. The van der Waals surface area contributed by atoms with E-state index in [1.54, 1.807) is 7.11 Å². The molecule has 0 radical (unpaired) electrons. The van der Waals surface area contributed by atoms with Gasteiger partial charge in [-0.05, 0) is 62.1 Å². The molecule has 0 unspecified atom stereocenters. The predicted octanol–water partition coefficient (Wildman–Crippen LogP) is 3.07. The van der Waals surface area contributed by atoms with Crippen molar-refractivity contribution in [2.75, 3.05) is 13.7 Å². The van der Waals surface area contributed by atoms with Gasteiger partial charge in [0.05, 0.1) is 7.11 Å². The maximum atomic E-state index is 12.9. The molecule has 0 aromatic heterocycles. The smallest absolute Gasteiger partial charge is 0.222 e. The Kier molecular flexibility index (Phi) is 5.11. The molecule has 1 N–H and O–H groups in total. The first kappa shape index (κ1) is 18.3.